The second kappa shape index (κ2) is 7.09. The summed E-state index contributed by atoms with van der Waals surface area (Å²) in [5, 5.41) is 9.47. The van der Waals surface area contributed by atoms with Gasteiger partial charge >= 0.3 is 5.97 Å². The van der Waals surface area contributed by atoms with Gasteiger partial charge in [0, 0.05) is 0 Å². The lowest BCUT2D eigenvalue weighted by atomic mass is 10.0. The van der Waals surface area contributed by atoms with E-state index in [2.05, 4.69) is 6.92 Å². The van der Waals surface area contributed by atoms with Crippen LogP contribution in [0.4, 0.5) is 0 Å². The Bertz CT molecular complexity index is 290. The standard InChI is InChI=1S/C13H20O3/c1-2-3-4-7-10-16-13(15)11-8-5-6-9-12(11)14/h6,9,14H,2-5,7-8,10H2,1H3. The second-order valence-corrected chi connectivity index (χ2v) is 4.00. The van der Waals surface area contributed by atoms with E-state index in [4.69, 9.17) is 4.74 Å². The molecule has 0 heterocycles. The van der Waals surface area contributed by atoms with Crippen LogP contribution in [-0.4, -0.2) is 17.7 Å². The Kier molecular flexibility index (Phi) is 5.68. The van der Waals surface area contributed by atoms with E-state index in [1.165, 1.54) is 12.8 Å². The van der Waals surface area contributed by atoms with Crippen LogP contribution in [0.5, 0.6) is 0 Å². The number of unbranched alkanes of at least 4 members (excludes halogenated alkanes) is 3. The predicted octanol–water partition coefficient (Wildman–Crippen LogP) is 3.27. The third-order valence-corrected chi connectivity index (χ3v) is 2.62. The molecule has 3 heteroatoms. The van der Waals surface area contributed by atoms with Crippen molar-refractivity contribution in [1.29, 1.82) is 0 Å². The van der Waals surface area contributed by atoms with Crippen LogP contribution in [0.15, 0.2) is 23.5 Å². The first-order chi connectivity index (χ1) is 7.75. The lowest BCUT2D eigenvalue weighted by Crippen LogP contribution is -2.12. The van der Waals surface area contributed by atoms with Gasteiger partial charge in [0.1, 0.15) is 5.76 Å². The highest BCUT2D eigenvalue weighted by atomic mass is 16.5. The maximum absolute atomic E-state index is 11.6. The molecule has 0 saturated heterocycles. The molecule has 0 aromatic carbocycles. The number of carbonyl (C=O) groups excluding carboxylic acids is 1. The van der Waals surface area contributed by atoms with Crippen molar-refractivity contribution in [3.63, 3.8) is 0 Å². The Hall–Kier alpha value is -1.25. The van der Waals surface area contributed by atoms with E-state index in [-0.39, 0.29) is 11.7 Å². The van der Waals surface area contributed by atoms with Crippen molar-refractivity contribution in [3.8, 4) is 0 Å². The van der Waals surface area contributed by atoms with Gasteiger partial charge in [-0.3, -0.25) is 0 Å². The molecule has 90 valence electrons. The van der Waals surface area contributed by atoms with Crippen molar-refractivity contribution >= 4 is 5.97 Å². The SMILES string of the molecule is CCCCCCOC(=O)C1=C(O)C=CCC1. The Morgan fingerprint density at radius 3 is 2.94 bits per heavy atom. The van der Waals surface area contributed by atoms with Gasteiger partial charge in [-0.15, -0.1) is 0 Å². The summed E-state index contributed by atoms with van der Waals surface area (Å²) < 4.78 is 5.11. The molecule has 1 aliphatic carbocycles. The quantitative estimate of drug-likeness (QED) is 0.556. The highest BCUT2D eigenvalue weighted by molar-refractivity contribution is 5.89. The molecule has 0 unspecified atom stereocenters. The third-order valence-electron chi connectivity index (χ3n) is 2.62. The monoisotopic (exact) mass is 224 g/mol. The van der Waals surface area contributed by atoms with Gasteiger partial charge in [-0.05, 0) is 25.3 Å². The summed E-state index contributed by atoms with van der Waals surface area (Å²) in [5.74, 6) is -0.303. The summed E-state index contributed by atoms with van der Waals surface area (Å²) in [6.07, 6.45) is 9.14. The molecule has 16 heavy (non-hydrogen) atoms. The topological polar surface area (TPSA) is 46.5 Å². The number of aliphatic hydroxyl groups is 1. The van der Waals surface area contributed by atoms with Gasteiger partial charge in [0.25, 0.3) is 0 Å². The van der Waals surface area contributed by atoms with Gasteiger partial charge in [0.2, 0.25) is 0 Å². The van der Waals surface area contributed by atoms with Gasteiger partial charge < -0.3 is 9.84 Å². The Balaban J connectivity index is 2.27. The maximum Gasteiger partial charge on any atom is 0.337 e. The van der Waals surface area contributed by atoms with Gasteiger partial charge in [-0.2, -0.15) is 0 Å². The molecule has 0 aromatic heterocycles. The number of ether oxygens (including phenoxy) is 1. The highest BCUT2D eigenvalue weighted by Gasteiger charge is 2.16. The van der Waals surface area contributed by atoms with Gasteiger partial charge in [0.05, 0.1) is 12.2 Å². The summed E-state index contributed by atoms with van der Waals surface area (Å²) in [7, 11) is 0. The first-order valence-corrected chi connectivity index (χ1v) is 6.01. The van der Waals surface area contributed by atoms with Crippen molar-refractivity contribution in [2.75, 3.05) is 6.61 Å². The summed E-state index contributed by atoms with van der Waals surface area (Å²) in [5.41, 5.74) is 0.415. The number of esters is 1. The lowest BCUT2D eigenvalue weighted by molar-refractivity contribution is -0.139. The smallest absolute Gasteiger partial charge is 0.337 e. The zero-order valence-corrected chi connectivity index (χ0v) is 9.87. The average Bonchev–Trinajstić information content (AvgIpc) is 2.29. The maximum atomic E-state index is 11.6. The Morgan fingerprint density at radius 2 is 2.25 bits per heavy atom. The fraction of sp³-hybridized carbons (Fsp3) is 0.615. The van der Waals surface area contributed by atoms with Crippen molar-refractivity contribution in [1.82, 2.24) is 0 Å². The first kappa shape index (κ1) is 12.8. The minimum atomic E-state index is -0.363. The number of hydrogen-bond acceptors (Lipinski definition) is 3. The van der Waals surface area contributed by atoms with E-state index < -0.39 is 0 Å². The molecular weight excluding hydrogens is 204 g/mol. The second-order valence-electron chi connectivity index (χ2n) is 4.00. The largest absolute Gasteiger partial charge is 0.507 e. The van der Waals surface area contributed by atoms with E-state index in [9.17, 15) is 9.90 Å². The predicted molar refractivity (Wildman–Crippen MR) is 63.1 cm³/mol. The summed E-state index contributed by atoms with van der Waals surface area (Å²) in [6.45, 7) is 2.60. The molecule has 0 amide bonds. The average molecular weight is 224 g/mol. The fourth-order valence-electron chi connectivity index (χ4n) is 1.64. The molecule has 0 atom stereocenters. The van der Waals surface area contributed by atoms with Gasteiger partial charge in [0.15, 0.2) is 0 Å². The molecule has 0 spiro atoms. The first-order valence-electron chi connectivity index (χ1n) is 6.01. The number of carbonyl (C=O) groups is 1. The van der Waals surface area contributed by atoms with E-state index in [0.717, 1.165) is 19.3 Å². The third kappa shape index (κ3) is 4.09. The van der Waals surface area contributed by atoms with Crippen LogP contribution in [0.25, 0.3) is 0 Å². The summed E-state index contributed by atoms with van der Waals surface area (Å²) in [6, 6.07) is 0. The summed E-state index contributed by atoms with van der Waals surface area (Å²) >= 11 is 0. The Labute approximate surface area is 96.8 Å². The van der Waals surface area contributed by atoms with Crippen molar-refractivity contribution < 1.29 is 14.6 Å². The fourth-order valence-corrected chi connectivity index (χ4v) is 1.64. The molecule has 0 bridgehead atoms. The minimum absolute atomic E-state index is 0.0600. The van der Waals surface area contributed by atoms with E-state index in [0.29, 0.717) is 18.6 Å². The molecule has 0 aromatic rings. The normalized spacial score (nSPS) is 15.3. The molecule has 0 aliphatic heterocycles. The summed E-state index contributed by atoms with van der Waals surface area (Å²) in [4.78, 5) is 11.6. The van der Waals surface area contributed by atoms with Gasteiger partial charge in [-0.25, -0.2) is 4.79 Å². The van der Waals surface area contributed by atoms with Crippen LogP contribution in [-0.2, 0) is 9.53 Å². The molecular formula is C13H20O3. The van der Waals surface area contributed by atoms with Gasteiger partial charge in [-0.1, -0.05) is 32.3 Å². The Morgan fingerprint density at radius 1 is 1.44 bits per heavy atom. The number of aliphatic hydroxyl groups excluding tert-OH is 1. The van der Waals surface area contributed by atoms with Crippen LogP contribution in [0.3, 0.4) is 0 Å². The minimum Gasteiger partial charge on any atom is -0.507 e. The number of hydrogen-bond donors (Lipinski definition) is 1. The molecule has 0 saturated carbocycles. The molecule has 0 fully saturated rings. The number of rotatable bonds is 6. The van der Waals surface area contributed by atoms with Crippen LogP contribution in [0.1, 0.15) is 45.4 Å². The zero-order chi connectivity index (χ0) is 11.8. The highest BCUT2D eigenvalue weighted by Crippen LogP contribution is 2.18. The van der Waals surface area contributed by atoms with Crippen LogP contribution in [0, 0.1) is 0 Å². The van der Waals surface area contributed by atoms with Crippen molar-refractivity contribution in [2.45, 2.75) is 45.4 Å². The van der Waals surface area contributed by atoms with E-state index >= 15 is 0 Å². The van der Waals surface area contributed by atoms with Crippen LogP contribution < -0.4 is 0 Å². The van der Waals surface area contributed by atoms with Crippen LogP contribution >= 0.6 is 0 Å². The van der Waals surface area contributed by atoms with E-state index in [1.54, 1.807) is 6.08 Å². The van der Waals surface area contributed by atoms with E-state index in [1.807, 2.05) is 6.08 Å². The molecule has 3 nitrogen and oxygen atoms in total. The van der Waals surface area contributed by atoms with Crippen molar-refractivity contribution in [3.05, 3.63) is 23.5 Å². The zero-order valence-electron chi connectivity index (χ0n) is 9.87. The van der Waals surface area contributed by atoms with Crippen LogP contribution in [0.2, 0.25) is 0 Å². The van der Waals surface area contributed by atoms with Crippen molar-refractivity contribution in [2.24, 2.45) is 0 Å². The molecule has 1 aliphatic rings. The number of allylic oxidation sites excluding steroid dienone is 2. The lowest BCUT2D eigenvalue weighted by Gasteiger charge is -2.11. The molecule has 1 N–H and O–H groups in total. The molecule has 1 rings (SSSR count). The molecule has 0 radical (unpaired) electrons.